The summed E-state index contributed by atoms with van der Waals surface area (Å²) in [5.41, 5.74) is 22.8. The van der Waals surface area contributed by atoms with Crippen LogP contribution in [-0.4, -0.2) is 13.2 Å². The maximum absolute atomic E-state index is 5.99. The third-order valence-corrected chi connectivity index (χ3v) is 17.4. The largest absolute Gasteiger partial charge is 0.494 e. The molecule has 0 spiro atoms. The van der Waals surface area contributed by atoms with Crippen molar-refractivity contribution in [3.8, 4) is 89.4 Å². The first-order chi connectivity index (χ1) is 38.1. The lowest BCUT2D eigenvalue weighted by Gasteiger charge is -2.24. The molecular weight excluding hydrogens is 945 g/mol. The van der Waals surface area contributed by atoms with Crippen LogP contribution in [0.15, 0.2) is 218 Å². The van der Waals surface area contributed by atoms with Gasteiger partial charge in [-0.3, -0.25) is 0 Å². The first-order valence-corrected chi connectivity index (χ1v) is 28.1. The van der Waals surface area contributed by atoms with Gasteiger partial charge >= 0.3 is 0 Å². The molecule has 0 bridgehead atoms. The van der Waals surface area contributed by atoms with Gasteiger partial charge in [0.1, 0.15) is 11.5 Å². The van der Waals surface area contributed by atoms with Crippen molar-refractivity contribution in [2.24, 2.45) is 0 Å². The van der Waals surface area contributed by atoms with Crippen LogP contribution in [0.5, 0.6) is 11.5 Å². The number of benzene rings is 12. The van der Waals surface area contributed by atoms with Crippen molar-refractivity contribution in [3.05, 3.63) is 241 Å². The van der Waals surface area contributed by atoms with Crippen molar-refractivity contribution in [2.45, 2.75) is 65.2 Å². The third kappa shape index (κ3) is 7.44. The van der Waals surface area contributed by atoms with Crippen LogP contribution in [0.4, 0.5) is 0 Å². The Hall–Kier alpha value is -8.72. The molecule has 0 fully saturated rings. The van der Waals surface area contributed by atoms with E-state index in [1.165, 1.54) is 143 Å². The number of ether oxygens (including phenoxy) is 2. The molecule has 0 atom stereocenters. The van der Waals surface area contributed by atoms with Crippen molar-refractivity contribution < 1.29 is 9.47 Å². The minimum absolute atomic E-state index is 0.215. The monoisotopic (exact) mass is 1010 g/mol. The summed E-state index contributed by atoms with van der Waals surface area (Å²) in [4.78, 5) is 0. The van der Waals surface area contributed by atoms with Crippen molar-refractivity contribution in [3.63, 3.8) is 0 Å². The van der Waals surface area contributed by atoms with Crippen LogP contribution in [0.25, 0.3) is 121 Å². The molecule has 2 nitrogen and oxygen atoms in total. The Morgan fingerprint density at radius 1 is 0.269 bits per heavy atom. The first-order valence-electron chi connectivity index (χ1n) is 28.1. The molecule has 14 rings (SSSR count). The summed E-state index contributed by atoms with van der Waals surface area (Å²) in [6, 6.07) is 82.1. The van der Waals surface area contributed by atoms with Gasteiger partial charge in [0, 0.05) is 10.8 Å². The van der Waals surface area contributed by atoms with E-state index in [-0.39, 0.29) is 10.8 Å². The van der Waals surface area contributed by atoms with Gasteiger partial charge in [-0.1, -0.05) is 211 Å². The van der Waals surface area contributed by atoms with E-state index < -0.39 is 0 Å². The molecule has 0 unspecified atom stereocenters. The summed E-state index contributed by atoms with van der Waals surface area (Å²) >= 11 is 0. The predicted molar refractivity (Wildman–Crippen MR) is 330 cm³/mol. The van der Waals surface area contributed by atoms with Gasteiger partial charge < -0.3 is 9.47 Å². The smallest absolute Gasteiger partial charge is 0.119 e. The average molecular weight is 1010 g/mol. The number of hydrogen-bond acceptors (Lipinski definition) is 2. The molecule has 0 saturated heterocycles. The SMILES string of the molecule is CCCOc1ccc(-c2c3ccccc3c(-c3ccc4c(c3)C(C)(C)c3cc(-c5ccc6c(c5)C(C)(C)c5cc(-c7c8ccccc8c(-c8ccc(OCCC)cc8)c8ccccc78)ccc5-6)ccc3-4)c3ccccc23)cc1. The summed E-state index contributed by atoms with van der Waals surface area (Å²) in [6.45, 7) is 15.4. The topological polar surface area (TPSA) is 18.5 Å². The van der Waals surface area contributed by atoms with Crippen LogP contribution in [-0.2, 0) is 10.8 Å². The van der Waals surface area contributed by atoms with E-state index in [2.05, 4.69) is 260 Å². The van der Waals surface area contributed by atoms with Gasteiger partial charge in [-0.2, -0.15) is 0 Å². The molecule has 0 N–H and O–H groups in total. The quantitative estimate of drug-likeness (QED) is 0.120. The van der Waals surface area contributed by atoms with E-state index in [4.69, 9.17) is 9.47 Å². The highest BCUT2D eigenvalue weighted by atomic mass is 16.5. The lowest BCUT2D eigenvalue weighted by atomic mass is 9.79. The Kier molecular flexibility index (Phi) is 11.3. The Bertz CT molecular complexity index is 3980. The Labute approximate surface area is 458 Å². The molecule has 2 aliphatic carbocycles. The highest BCUT2D eigenvalue weighted by Crippen LogP contribution is 2.55. The third-order valence-electron chi connectivity index (χ3n) is 17.4. The van der Waals surface area contributed by atoms with Crippen LogP contribution in [0.1, 0.15) is 76.6 Å². The van der Waals surface area contributed by atoms with E-state index in [1.807, 2.05) is 0 Å². The molecule has 78 heavy (non-hydrogen) atoms. The van der Waals surface area contributed by atoms with Crippen molar-refractivity contribution in [1.82, 2.24) is 0 Å². The number of rotatable bonds is 11. The maximum Gasteiger partial charge on any atom is 0.119 e. The molecule has 12 aromatic carbocycles. The van der Waals surface area contributed by atoms with Gasteiger partial charge in [0.05, 0.1) is 13.2 Å². The van der Waals surface area contributed by atoms with Gasteiger partial charge in [0.15, 0.2) is 0 Å². The molecule has 0 heterocycles. The summed E-state index contributed by atoms with van der Waals surface area (Å²) in [7, 11) is 0. The van der Waals surface area contributed by atoms with Crippen LogP contribution < -0.4 is 9.47 Å². The molecule has 0 amide bonds. The second-order valence-electron chi connectivity index (χ2n) is 22.7. The molecule has 0 radical (unpaired) electrons. The van der Waals surface area contributed by atoms with E-state index in [9.17, 15) is 0 Å². The molecule has 378 valence electrons. The maximum atomic E-state index is 5.99. The van der Waals surface area contributed by atoms with E-state index in [0.29, 0.717) is 0 Å². The molecule has 12 aromatic rings. The molecule has 0 saturated carbocycles. The molecule has 0 aromatic heterocycles. The van der Waals surface area contributed by atoms with Crippen molar-refractivity contribution >= 4 is 43.1 Å². The van der Waals surface area contributed by atoms with E-state index in [0.717, 1.165) is 37.6 Å². The second-order valence-corrected chi connectivity index (χ2v) is 22.7. The second kappa shape index (κ2) is 18.5. The van der Waals surface area contributed by atoms with Crippen molar-refractivity contribution in [1.29, 1.82) is 0 Å². The van der Waals surface area contributed by atoms with Crippen LogP contribution in [0.2, 0.25) is 0 Å². The standard InChI is InChI=1S/C76H62O2/c1-7-41-77-53-33-25-47(26-34-53)71-59-17-9-13-21-63(59)73(64-22-14-10-18-60(64)71)51-31-39-57-55-37-29-49(43-67(55)75(3,4)69(57)45-51)50-30-38-56-58-40-32-52(46-70(58)76(5,6)68(56)44-50)74-65-23-15-11-19-61(65)72(62-20-12-16-24-66(62)74)48-27-35-54(36-28-48)78-42-8-2/h9-40,43-46H,7-8,41-42H2,1-6H3. The van der Waals surface area contributed by atoms with Crippen molar-refractivity contribution in [2.75, 3.05) is 13.2 Å². The first kappa shape index (κ1) is 47.7. The zero-order chi connectivity index (χ0) is 52.9. The highest BCUT2D eigenvalue weighted by Gasteiger charge is 2.38. The lowest BCUT2D eigenvalue weighted by molar-refractivity contribution is 0.317. The number of hydrogen-bond donors (Lipinski definition) is 0. The minimum atomic E-state index is -0.215. The van der Waals surface area contributed by atoms with Crippen LogP contribution >= 0.6 is 0 Å². The fourth-order valence-electron chi connectivity index (χ4n) is 13.5. The fourth-order valence-corrected chi connectivity index (χ4v) is 13.5. The van der Waals surface area contributed by atoms with Crippen LogP contribution in [0, 0.1) is 0 Å². The summed E-state index contributed by atoms with van der Waals surface area (Å²) < 4.78 is 12.0. The van der Waals surface area contributed by atoms with Gasteiger partial charge in [-0.15, -0.1) is 0 Å². The zero-order valence-electron chi connectivity index (χ0n) is 45.4. The molecular formula is C76H62O2. The van der Waals surface area contributed by atoms with E-state index in [1.54, 1.807) is 0 Å². The predicted octanol–water partition coefficient (Wildman–Crippen LogP) is 20.8. The lowest BCUT2D eigenvalue weighted by Crippen LogP contribution is -2.15. The summed E-state index contributed by atoms with van der Waals surface area (Å²) in [6.07, 6.45) is 1.97. The summed E-state index contributed by atoms with van der Waals surface area (Å²) in [5, 5.41) is 10.1. The molecule has 2 heteroatoms. The molecule has 0 aliphatic heterocycles. The fraction of sp³-hybridized carbons (Fsp3) is 0.158. The Morgan fingerprint density at radius 3 is 0.769 bits per heavy atom. The van der Waals surface area contributed by atoms with Gasteiger partial charge in [-0.25, -0.2) is 0 Å². The highest BCUT2D eigenvalue weighted by molar-refractivity contribution is 6.23. The number of fused-ring (bicyclic) bond motifs is 10. The Morgan fingerprint density at radius 2 is 0.500 bits per heavy atom. The van der Waals surface area contributed by atoms with Gasteiger partial charge in [0.25, 0.3) is 0 Å². The van der Waals surface area contributed by atoms with Gasteiger partial charge in [0.2, 0.25) is 0 Å². The minimum Gasteiger partial charge on any atom is -0.494 e. The van der Waals surface area contributed by atoms with E-state index >= 15 is 0 Å². The average Bonchev–Trinajstić information content (AvgIpc) is 3.88. The normalized spacial score (nSPS) is 13.7. The van der Waals surface area contributed by atoms with Gasteiger partial charge in [-0.05, 0) is 205 Å². The zero-order valence-corrected chi connectivity index (χ0v) is 45.4. The van der Waals surface area contributed by atoms with Crippen LogP contribution in [0.3, 0.4) is 0 Å². The summed E-state index contributed by atoms with van der Waals surface area (Å²) in [5.74, 6) is 1.82. The molecule has 2 aliphatic rings. The Balaban J connectivity index is 0.809.